The number of carbonyl (C=O) groups is 1. The molecular weight excluding hydrogens is 256 g/mol. The minimum absolute atomic E-state index is 0.0278. The van der Waals surface area contributed by atoms with Crippen LogP contribution in [0.1, 0.15) is 5.56 Å². The number of nitrogen functional groups attached to an aromatic ring is 1. The van der Waals surface area contributed by atoms with Gasteiger partial charge in [0.25, 0.3) is 0 Å². The largest absolute Gasteiger partial charge is 0.481 e. The molecule has 3 N–H and O–H groups in total. The molecule has 0 saturated heterocycles. The van der Waals surface area contributed by atoms with E-state index in [-0.39, 0.29) is 6.42 Å². The molecule has 3 aromatic rings. The normalized spacial score (nSPS) is 10.8. The summed E-state index contributed by atoms with van der Waals surface area (Å²) in [5.74, 6) is -0.376. The number of aliphatic carboxylic acids is 1. The molecule has 2 aromatic carbocycles. The highest BCUT2D eigenvalue weighted by atomic mass is 16.4. The maximum Gasteiger partial charge on any atom is 0.307 e. The van der Waals surface area contributed by atoms with Gasteiger partial charge in [0, 0.05) is 11.3 Å². The summed E-state index contributed by atoms with van der Waals surface area (Å²) in [7, 11) is 0. The molecule has 0 unspecified atom stereocenters. The van der Waals surface area contributed by atoms with Crippen LogP contribution in [-0.2, 0) is 11.2 Å². The number of hydrogen-bond acceptors (Lipinski definition) is 4. The summed E-state index contributed by atoms with van der Waals surface area (Å²) in [6.45, 7) is 0. The molecule has 0 spiro atoms. The van der Waals surface area contributed by atoms with E-state index in [2.05, 4.69) is 4.98 Å². The number of rotatable bonds is 3. The Hall–Kier alpha value is -2.82. The van der Waals surface area contributed by atoms with Crippen molar-refractivity contribution in [2.24, 2.45) is 0 Å². The third-order valence-electron chi connectivity index (χ3n) is 2.96. The zero-order valence-electron chi connectivity index (χ0n) is 10.5. The van der Waals surface area contributed by atoms with Crippen LogP contribution in [0.25, 0.3) is 22.6 Å². The highest BCUT2D eigenvalue weighted by Crippen LogP contribution is 2.25. The van der Waals surface area contributed by atoms with Crippen molar-refractivity contribution in [1.29, 1.82) is 0 Å². The Bertz CT molecular complexity index is 775. The quantitative estimate of drug-likeness (QED) is 0.713. The number of benzene rings is 2. The molecule has 0 atom stereocenters. The number of aromatic nitrogens is 1. The first-order chi connectivity index (χ1) is 9.61. The Morgan fingerprint density at radius 3 is 2.65 bits per heavy atom. The monoisotopic (exact) mass is 268 g/mol. The van der Waals surface area contributed by atoms with E-state index in [1.165, 1.54) is 0 Å². The van der Waals surface area contributed by atoms with Crippen molar-refractivity contribution in [2.45, 2.75) is 6.42 Å². The molecule has 0 aliphatic heterocycles. The maximum absolute atomic E-state index is 10.7. The summed E-state index contributed by atoms with van der Waals surface area (Å²) < 4.78 is 5.65. The van der Waals surface area contributed by atoms with Crippen molar-refractivity contribution in [2.75, 3.05) is 5.73 Å². The Labute approximate surface area is 114 Å². The van der Waals surface area contributed by atoms with Crippen molar-refractivity contribution < 1.29 is 14.3 Å². The molecule has 20 heavy (non-hydrogen) atoms. The average Bonchev–Trinajstić information content (AvgIpc) is 2.81. The fraction of sp³-hybridized carbons (Fsp3) is 0.0667. The number of anilines is 1. The second-order valence-electron chi connectivity index (χ2n) is 4.51. The number of nitrogens with zero attached hydrogens (tertiary/aromatic N) is 1. The first kappa shape index (κ1) is 12.2. The molecule has 0 fully saturated rings. The van der Waals surface area contributed by atoms with Gasteiger partial charge in [0.15, 0.2) is 5.58 Å². The minimum Gasteiger partial charge on any atom is -0.481 e. The number of fused-ring (bicyclic) bond motifs is 1. The first-order valence-corrected chi connectivity index (χ1v) is 6.09. The highest BCUT2D eigenvalue weighted by molar-refractivity contribution is 5.79. The van der Waals surface area contributed by atoms with E-state index >= 15 is 0 Å². The predicted octanol–water partition coefficient (Wildman–Crippen LogP) is 2.70. The molecule has 5 heteroatoms. The van der Waals surface area contributed by atoms with E-state index in [0.717, 1.165) is 5.56 Å². The molecule has 0 radical (unpaired) electrons. The third kappa shape index (κ3) is 2.33. The van der Waals surface area contributed by atoms with Gasteiger partial charge in [0.05, 0.1) is 6.42 Å². The molecule has 100 valence electrons. The first-order valence-electron chi connectivity index (χ1n) is 6.09. The van der Waals surface area contributed by atoms with Gasteiger partial charge < -0.3 is 15.3 Å². The lowest BCUT2D eigenvalue weighted by atomic mass is 10.1. The van der Waals surface area contributed by atoms with Gasteiger partial charge in [-0.1, -0.05) is 6.07 Å². The van der Waals surface area contributed by atoms with Gasteiger partial charge in [-0.05, 0) is 42.0 Å². The van der Waals surface area contributed by atoms with Crippen LogP contribution in [0.15, 0.2) is 46.9 Å². The third-order valence-corrected chi connectivity index (χ3v) is 2.96. The smallest absolute Gasteiger partial charge is 0.307 e. The number of carboxylic acid groups (broad SMARTS) is 1. The summed E-state index contributed by atoms with van der Waals surface area (Å²) in [5.41, 5.74) is 9.12. The van der Waals surface area contributed by atoms with E-state index in [0.29, 0.717) is 28.2 Å². The molecule has 0 aliphatic rings. The molecule has 0 saturated carbocycles. The van der Waals surface area contributed by atoms with Crippen molar-refractivity contribution in [3.8, 4) is 11.5 Å². The summed E-state index contributed by atoms with van der Waals surface area (Å²) in [6.07, 6.45) is -0.0278. The van der Waals surface area contributed by atoms with Crippen LogP contribution in [0.3, 0.4) is 0 Å². The fourth-order valence-corrected chi connectivity index (χ4v) is 2.01. The zero-order valence-corrected chi connectivity index (χ0v) is 10.5. The van der Waals surface area contributed by atoms with Crippen LogP contribution in [-0.4, -0.2) is 16.1 Å². The van der Waals surface area contributed by atoms with Crippen LogP contribution >= 0.6 is 0 Å². The van der Waals surface area contributed by atoms with Gasteiger partial charge in [-0.15, -0.1) is 0 Å². The van der Waals surface area contributed by atoms with E-state index in [1.807, 2.05) is 12.1 Å². The summed E-state index contributed by atoms with van der Waals surface area (Å²) in [6, 6.07) is 12.4. The van der Waals surface area contributed by atoms with Gasteiger partial charge >= 0.3 is 5.97 Å². The standard InChI is InChI=1S/C15H12N2O3/c16-11-4-2-10(3-5-11)15-17-12-7-9(8-14(18)19)1-6-13(12)20-15/h1-7H,8,16H2,(H,18,19). The number of oxazole rings is 1. The van der Waals surface area contributed by atoms with Crippen molar-refractivity contribution in [3.05, 3.63) is 48.0 Å². The lowest BCUT2D eigenvalue weighted by Crippen LogP contribution is -1.99. The van der Waals surface area contributed by atoms with Gasteiger partial charge in [-0.2, -0.15) is 0 Å². The predicted molar refractivity (Wildman–Crippen MR) is 75.2 cm³/mol. The van der Waals surface area contributed by atoms with Crippen molar-refractivity contribution in [3.63, 3.8) is 0 Å². The van der Waals surface area contributed by atoms with E-state index in [9.17, 15) is 4.79 Å². The number of nitrogens with two attached hydrogens (primary N) is 1. The van der Waals surface area contributed by atoms with Crippen LogP contribution < -0.4 is 5.73 Å². The molecule has 3 rings (SSSR count). The number of carboxylic acids is 1. The lowest BCUT2D eigenvalue weighted by Gasteiger charge is -1.95. The molecule has 0 aliphatic carbocycles. The number of hydrogen-bond donors (Lipinski definition) is 2. The van der Waals surface area contributed by atoms with E-state index < -0.39 is 5.97 Å². The Morgan fingerprint density at radius 1 is 1.20 bits per heavy atom. The van der Waals surface area contributed by atoms with Crippen molar-refractivity contribution in [1.82, 2.24) is 4.98 Å². The SMILES string of the molecule is Nc1ccc(-c2nc3cc(CC(=O)O)ccc3o2)cc1. The van der Waals surface area contributed by atoms with Crippen molar-refractivity contribution >= 4 is 22.8 Å². The van der Waals surface area contributed by atoms with Crippen LogP contribution in [0.4, 0.5) is 5.69 Å². The van der Waals surface area contributed by atoms with Gasteiger partial charge in [0.2, 0.25) is 5.89 Å². The molecule has 5 nitrogen and oxygen atoms in total. The van der Waals surface area contributed by atoms with E-state index in [4.69, 9.17) is 15.3 Å². The zero-order chi connectivity index (χ0) is 14.1. The maximum atomic E-state index is 10.7. The molecule has 1 heterocycles. The summed E-state index contributed by atoms with van der Waals surface area (Å²) in [5, 5.41) is 8.79. The Balaban J connectivity index is 2.01. The minimum atomic E-state index is -0.869. The van der Waals surface area contributed by atoms with Crippen LogP contribution in [0, 0.1) is 0 Å². The van der Waals surface area contributed by atoms with Crippen LogP contribution in [0.5, 0.6) is 0 Å². The fourth-order valence-electron chi connectivity index (χ4n) is 2.01. The highest BCUT2D eigenvalue weighted by Gasteiger charge is 2.09. The topological polar surface area (TPSA) is 89.3 Å². The Kier molecular flexibility index (Phi) is 2.87. The molecule has 1 aromatic heterocycles. The van der Waals surface area contributed by atoms with Crippen LogP contribution in [0.2, 0.25) is 0 Å². The van der Waals surface area contributed by atoms with Gasteiger partial charge in [-0.25, -0.2) is 4.98 Å². The molecule has 0 amide bonds. The Morgan fingerprint density at radius 2 is 1.95 bits per heavy atom. The van der Waals surface area contributed by atoms with Gasteiger partial charge in [0.1, 0.15) is 5.52 Å². The average molecular weight is 268 g/mol. The second-order valence-corrected chi connectivity index (χ2v) is 4.51. The molecular formula is C15H12N2O3. The van der Waals surface area contributed by atoms with Gasteiger partial charge in [-0.3, -0.25) is 4.79 Å². The lowest BCUT2D eigenvalue weighted by molar-refractivity contribution is -0.136. The summed E-state index contributed by atoms with van der Waals surface area (Å²) >= 11 is 0. The van der Waals surface area contributed by atoms with E-state index in [1.54, 1.807) is 30.3 Å². The summed E-state index contributed by atoms with van der Waals surface area (Å²) in [4.78, 5) is 15.1. The molecule has 0 bridgehead atoms. The second kappa shape index (κ2) is 4.70.